The summed E-state index contributed by atoms with van der Waals surface area (Å²) in [6.45, 7) is 2.11. The number of benzene rings is 3. The van der Waals surface area contributed by atoms with Crippen LogP contribution < -0.4 is 15.8 Å². The zero-order valence-electron chi connectivity index (χ0n) is 21.0. The van der Waals surface area contributed by atoms with Crippen molar-refractivity contribution in [2.45, 2.75) is 19.4 Å². The first kappa shape index (κ1) is 28.2. The summed E-state index contributed by atoms with van der Waals surface area (Å²) in [6.07, 6.45) is 0.740. The largest absolute Gasteiger partial charge is 0.491 e. The van der Waals surface area contributed by atoms with Gasteiger partial charge in [0.2, 0.25) is 0 Å². The van der Waals surface area contributed by atoms with Crippen LogP contribution in [-0.4, -0.2) is 48.8 Å². The number of anilines is 1. The molecule has 0 fully saturated rings. The van der Waals surface area contributed by atoms with Crippen LogP contribution in [0.4, 0.5) is 5.69 Å². The van der Waals surface area contributed by atoms with Crippen LogP contribution in [0.25, 0.3) is 0 Å². The second-order valence-corrected chi connectivity index (χ2v) is 8.47. The number of rotatable bonds is 10. The molecule has 3 aromatic carbocycles. The molecule has 0 saturated carbocycles. The molecular weight excluding hydrogens is 508 g/mol. The van der Waals surface area contributed by atoms with Crippen LogP contribution in [0.3, 0.4) is 0 Å². The third kappa shape index (κ3) is 5.78. The van der Waals surface area contributed by atoms with E-state index in [0.29, 0.717) is 33.7 Å². The maximum absolute atomic E-state index is 12.8. The van der Waals surface area contributed by atoms with Crippen LogP contribution in [0.2, 0.25) is 0 Å². The Balaban J connectivity index is 0.00000400. The standard InChI is InChI=1S/C28H28N4O5.ClH/c1-3-17-8-13-23(37-15-14-32-26(33)20-6-4-5-7-21(20)27(32)34)22(16-17)24(28(35)36-2)31-19-11-9-18(10-12-19)25(29)30;/h4-13,16,24,31H,3,14-15H2,1-2H3,(H3,29,30);1H. The topological polar surface area (TPSA) is 135 Å². The normalized spacial score (nSPS) is 12.8. The molecule has 0 aromatic heterocycles. The SMILES string of the molecule is CCc1ccc(OCCN2C(=O)c3ccccc3C2=O)c(C(Nc2ccc(C(=N)N)cc2)C(=O)OC)c1.Cl. The van der Waals surface area contributed by atoms with E-state index in [9.17, 15) is 14.4 Å². The van der Waals surface area contributed by atoms with E-state index < -0.39 is 12.0 Å². The van der Waals surface area contributed by atoms with Crippen LogP contribution in [0, 0.1) is 5.41 Å². The van der Waals surface area contributed by atoms with Gasteiger partial charge in [0, 0.05) is 16.8 Å². The van der Waals surface area contributed by atoms with Gasteiger partial charge in [-0.2, -0.15) is 0 Å². The summed E-state index contributed by atoms with van der Waals surface area (Å²) in [5.74, 6) is -0.852. The molecule has 38 heavy (non-hydrogen) atoms. The summed E-state index contributed by atoms with van der Waals surface area (Å²) >= 11 is 0. The van der Waals surface area contributed by atoms with Gasteiger partial charge < -0.3 is 20.5 Å². The summed E-state index contributed by atoms with van der Waals surface area (Å²) < 4.78 is 11.1. The zero-order valence-corrected chi connectivity index (χ0v) is 21.8. The molecular formula is C28H29ClN4O5. The minimum Gasteiger partial charge on any atom is -0.491 e. The molecule has 1 aliphatic rings. The maximum atomic E-state index is 12.8. The lowest BCUT2D eigenvalue weighted by atomic mass is 10.0. The van der Waals surface area contributed by atoms with Crippen LogP contribution in [0.15, 0.2) is 66.7 Å². The minimum atomic E-state index is -0.894. The van der Waals surface area contributed by atoms with Gasteiger partial charge in [-0.1, -0.05) is 25.1 Å². The Bertz CT molecular complexity index is 1320. The number of nitrogens with two attached hydrogens (primary N) is 1. The minimum absolute atomic E-state index is 0. The van der Waals surface area contributed by atoms with Gasteiger partial charge in [0.15, 0.2) is 6.04 Å². The molecule has 1 atom stereocenters. The van der Waals surface area contributed by atoms with Gasteiger partial charge in [-0.25, -0.2) is 4.79 Å². The number of nitrogens with one attached hydrogen (secondary N) is 2. The third-order valence-electron chi connectivity index (χ3n) is 6.19. The fraction of sp³-hybridized carbons (Fsp3) is 0.214. The van der Waals surface area contributed by atoms with Crippen LogP contribution in [0.1, 0.15) is 50.4 Å². The molecule has 0 spiro atoms. The van der Waals surface area contributed by atoms with Gasteiger partial charge in [-0.15, -0.1) is 12.4 Å². The van der Waals surface area contributed by atoms with E-state index in [1.54, 1.807) is 54.6 Å². The molecule has 0 saturated heterocycles. The van der Waals surface area contributed by atoms with Crippen molar-refractivity contribution in [3.05, 3.63) is 94.5 Å². The highest BCUT2D eigenvalue weighted by atomic mass is 35.5. The number of methoxy groups -OCH3 is 1. The van der Waals surface area contributed by atoms with Crippen LogP contribution in [0.5, 0.6) is 5.75 Å². The molecule has 3 aromatic rings. The van der Waals surface area contributed by atoms with E-state index in [-0.39, 0.29) is 43.2 Å². The number of ether oxygens (including phenoxy) is 2. The molecule has 10 heteroatoms. The number of nitrogen functional groups attached to an aromatic ring is 1. The number of fused-ring (bicyclic) bond motifs is 1. The van der Waals surface area contributed by atoms with Gasteiger partial charge >= 0.3 is 5.97 Å². The zero-order chi connectivity index (χ0) is 26.5. The van der Waals surface area contributed by atoms with Crippen LogP contribution in [-0.2, 0) is 16.0 Å². The third-order valence-corrected chi connectivity index (χ3v) is 6.19. The van der Waals surface area contributed by atoms with E-state index in [4.69, 9.17) is 20.6 Å². The second kappa shape index (κ2) is 12.2. The van der Waals surface area contributed by atoms with E-state index >= 15 is 0 Å². The smallest absolute Gasteiger partial charge is 0.333 e. The van der Waals surface area contributed by atoms with Crippen molar-refractivity contribution < 1.29 is 23.9 Å². The molecule has 4 N–H and O–H groups in total. The van der Waals surface area contributed by atoms with Gasteiger partial charge in [-0.05, 0) is 60.5 Å². The predicted molar refractivity (Wildman–Crippen MR) is 146 cm³/mol. The highest BCUT2D eigenvalue weighted by molar-refractivity contribution is 6.21. The molecule has 9 nitrogen and oxygen atoms in total. The van der Waals surface area contributed by atoms with Gasteiger partial charge in [0.1, 0.15) is 18.2 Å². The molecule has 0 radical (unpaired) electrons. The Morgan fingerprint density at radius 3 is 2.21 bits per heavy atom. The number of amides is 2. The molecule has 0 aliphatic carbocycles. The first-order valence-corrected chi connectivity index (χ1v) is 11.8. The highest BCUT2D eigenvalue weighted by Gasteiger charge is 2.35. The predicted octanol–water partition coefficient (Wildman–Crippen LogP) is 3.96. The van der Waals surface area contributed by atoms with Crippen molar-refractivity contribution in [1.29, 1.82) is 5.41 Å². The molecule has 198 valence electrons. The van der Waals surface area contributed by atoms with Crippen molar-refractivity contribution in [2.75, 3.05) is 25.6 Å². The van der Waals surface area contributed by atoms with E-state index in [1.807, 2.05) is 19.1 Å². The summed E-state index contributed by atoms with van der Waals surface area (Å²) in [6, 6.07) is 18.2. The van der Waals surface area contributed by atoms with Crippen molar-refractivity contribution in [2.24, 2.45) is 5.73 Å². The molecule has 1 unspecified atom stereocenters. The Morgan fingerprint density at radius 1 is 1.03 bits per heavy atom. The first-order valence-electron chi connectivity index (χ1n) is 11.8. The van der Waals surface area contributed by atoms with Crippen molar-refractivity contribution in [3.8, 4) is 5.75 Å². The Kier molecular flexibility index (Phi) is 9.09. The molecule has 4 rings (SSSR count). The number of hydrogen-bond acceptors (Lipinski definition) is 7. The Hall–Kier alpha value is -4.37. The van der Waals surface area contributed by atoms with Crippen molar-refractivity contribution in [1.82, 2.24) is 4.90 Å². The van der Waals surface area contributed by atoms with E-state index in [2.05, 4.69) is 5.32 Å². The van der Waals surface area contributed by atoms with Crippen molar-refractivity contribution >= 4 is 41.7 Å². The molecule has 1 aliphatic heterocycles. The summed E-state index contributed by atoms with van der Waals surface area (Å²) in [4.78, 5) is 39.3. The molecule has 0 bridgehead atoms. The lowest BCUT2D eigenvalue weighted by Crippen LogP contribution is -2.33. The quantitative estimate of drug-likeness (QED) is 0.154. The fourth-order valence-electron chi connectivity index (χ4n) is 4.16. The summed E-state index contributed by atoms with van der Waals surface area (Å²) in [5.41, 5.74) is 9.04. The van der Waals surface area contributed by atoms with E-state index in [1.165, 1.54) is 7.11 Å². The van der Waals surface area contributed by atoms with Gasteiger partial charge in [0.05, 0.1) is 24.8 Å². The number of imide groups is 1. The Morgan fingerprint density at radius 2 is 1.66 bits per heavy atom. The number of hydrogen-bond donors (Lipinski definition) is 3. The van der Waals surface area contributed by atoms with Gasteiger partial charge in [0.25, 0.3) is 11.8 Å². The first-order chi connectivity index (χ1) is 17.8. The molecule has 1 heterocycles. The molecule has 2 amide bonds. The highest BCUT2D eigenvalue weighted by Crippen LogP contribution is 2.31. The van der Waals surface area contributed by atoms with Crippen molar-refractivity contribution in [3.63, 3.8) is 0 Å². The second-order valence-electron chi connectivity index (χ2n) is 8.47. The number of amidine groups is 1. The average Bonchev–Trinajstić information content (AvgIpc) is 3.16. The average molecular weight is 537 g/mol. The summed E-state index contributed by atoms with van der Waals surface area (Å²) in [7, 11) is 1.31. The number of carbonyl (C=O) groups excluding carboxylic acids is 3. The van der Waals surface area contributed by atoms with Crippen LogP contribution >= 0.6 is 12.4 Å². The maximum Gasteiger partial charge on any atom is 0.333 e. The fourth-order valence-corrected chi connectivity index (χ4v) is 4.16. The summed E-state index contributed by atoms with van der Waals surface area (Å²) in [5, 5.41) is 10.7. The number of nitrogens with zero attached hydrogens (tertiary/aromatic N) is 1. The number of carbonyl (C=O) groups is 3. The lowest BCUT2D eigenvalue weighted by molar-refractivity contribution is -0.141. The number of halogens is 1. The monoisotopic (exact) mass is 536 g/mol. The number of esters is 1. The Labute approximate surface area is 226 Å². The van der Waals surface area contributed by atoms with Gasteiger partial charge in [-0.3, -0.25) is 19.9 Å². The number of aryl methyl sites for hydroxylation is 1. The lowest BCUT2D eigenvalue weighted by Gasteiger charge is -2.22. The van der Waals surface area contributed by atoms with E-state index in [0.717, 1.165) is 16.9 Å².